The van der Waals surface area contributed by atoms with Gasteiger partial charge in [-0.1, -0.05) is 12.8 Å². The molecule has 1 aliphatic rings. The quantitative estimate of drug-likeness (QED) is 0.797. The minimum absolute atomic E-state index is 0.0850. The van der Waals surface area contributed by atoms with E-state index in [2.05, 4.69) is 27.8 Å². The number of aromatic nitrogens is 1. The fraction of sp³-hybridized carbons (Fsp3) is 0.368. The molecule has 4 nitrogen and oxygen atoms in total. The lowest BCUT2D eigenvalue weighted by atomic mass is 9.89. The Hall–Kier alpha value is -2.14. The van der Waals surface area contributed by atoms with Crippen LogP contribution in [0, 0.1) is 0 Å². The molecule has 1 aliphatic carbocycles. The van der Waals surface area contributed by atoms with Gasteiger partial charge >= 0.3 is 0 Å². The number of rotatable bonds is 5. The Morgan fingerprint density at radius 3 is 2.42 bits per heavy atom. The predicted molar refractivity (Wildman–Crippen MR) is 101 cm³/mol. The van der Waals surface area contributed by atoms with Crippen LogP contribution in [-0.4, -0.2) is 16.7 Å². The second-order valence-corrected chi connectivity index (χ2v) is 6.47. The fourth-order valence-electron chi connectivity index (χ4n) is 3.32. The lowest BCUT2D eigenvalue weighted by molar-refractivity contribution is 0.340. The van der Waals surface area contributed by atoms with Crippen molar-refractivity contribution in [3.8, 4) is 5.75 Å². The number of nitrogens with zero attached hydrogens (tertiary/aromatic N) is 1. The van der Waals surface area contributed by atoms with E-state index in [0.29, 0.717) is 11.7 Å². The summed E-state index contributed by atoms with van der Waals surface area (Å²) in [4.78, 5) is 4.13. The molecule has 0 saturated heterocycles. The molecular formula is C19H23N3OS. The van der Waals surface area contributed by atoms with Gasteiger partial charge < -0.3 is 15.4 Å². The lowest BCUT2D eigenvalue weighted by Crippen LogP contribution is -2.45. The summed E-state index contributed by atoms with van der Waals surface area (Å²) in [6, 6.07) is 12.0. The van der Waals surface area contributed by atoms with Gasteiger partial charge in [-0.15, -0.1) is 0 Å². The molecule has 2 aromatic rings. The molecule has 2 N–H and O–H groups in total. The topological polar surface area (TPSA) is 46.2 Å². The molecule has 0 aliphatic heterocycles. The van der Waals surface area contributed by atoms with E-state index in [-0.39, 0.29) is 5.54 Å². The van der Waals surface area contributed by atoms with Gasteiger partial charge in [0, 0.05) is 18.1 Å². The Kier molecular flexibility index (Phi) is 5.30. The first-order valence-electron chi connectivity index (χ1n) is 8.44. The molecule has 3 rings (SSSR count). The molecule has 1 aromatic heterocycles. The van der Waals surface area contributed by atoms with Crippen LogP contribution in [0.2, 0.25) is 0 Å². The third-order valence-corrected chi connectivity index (χ3v) is 4.67. The van der Waals surface area contributed by atoms with Crippen LogP contribution in [-0.2, 0) is 5.54 Å². The van der Waals surface area contributed by atoms with Gasteiger partial charge in [0.1, 0.15) is 5.75 Å². The Morgan fingerprint density at radius 1 is 1.12 bits per heavy atom. The normalized spacial score (nSPS) is 15.7. The summed E-state index contributed by atoms with van der Waals surface area (Å²) in [5.74, 6) is 0.867. The van der Waals surface area contributed by atoms with Crippen LogP contribution >= 0.6 is 12.2 Å². The van der Waals surface area contributed by atoms with Crippen LogP contribution in [0.3, 0.4) is 0 Å². The summed E-state index contributed by atoms with van der Waals surface area (Å²) in [5, 5.41) is 7.49. The smallest absolute Gasteiger partial charge is 0.171 e. The van der Waals surface area contributed by atoms with E-state index < -0.39 is 0 Å². The molecule has 24 heavy (non-hydrogen) atoms. The fourth-order valence-corrected chi connectivity index (χ4v) is 3.63. The maximum Gasteiger partial charge on any atom is 0.171 e. The van der Waals surface area contributed by atoms with Gasteiger partial charge in [0.25, 0.3) is 0 Å². The first kappa shape index (κ1) is 16.7. The van der Waals surface area contributed by atoms with Gasteiger partial charge in [-0.2, -0.15) is 0 Å². The largest absolute Gasteiger partial charge is 0.494 e. The van der Waals surface area contributed by atoms with Gasteiger partial charge in [0.2, 0.25) is 0 Å². The number of benzene rings is 1. The third kappa shape index (κ3) is 3.85. The van der Waals surface area contributed by atoms with E-state index in [1.165, 1.54) is 18.4 Å². The number of pyridine rings is 1. The van der Waals surface area contributed by atoms with Crippen LogP contribution in [0.4, 0.5) is 5.69 Å². The molecular weight excluding hydrogens is 318 g/mol. The summed E-state index contributed by atoms with van der Waals surface area (Å²) >= 11 is 5.56. The summed E-state index contributed by atoms with van der Waals surface area (Å²) in [5.41, 5.74) is 2.13. The van der Waals surface area contributed by atoms with Gasteiger partial charge in [-0.3, -0.25) is 4.98 Å². The van der Waals surface area contributed by atoms with E-state index in [9.17, 15) is 0 Å². The zero-order valence-electron chi connectivity index (χ0n) is 13.9. The molecule has 1 heterocycles. The van der Waals surface area contributed by atoms with Crippen molar-refractivity contribution in [3.63, 3.8) is 0 Å². The van der Waals surface area contributed by atoms with Crippen molar-refractivity contribution in [2.45, 2.75) is 38.1 Å². The molecule has 0 amide bonds. The highest BCUT2D eigenvalue weighted by Gasteiger charge is 2.36. The molecule has 0 atom stereocenters. The minimum atomic E-state index is -0.0850. The van der Waals surface area contributed by atoms with E-state index in [1.54, 1.807) is 0 Å². The number of nitrogens with one attached hydrogen (secondary N) is 2. The van der Waals surface area contributed by atoms with Gasteiger partial charge in [-0.25, -0.2) is 0 Å². The summed E-state index contributed by atoms with van der Waals surface area (Å²) in [6.07, 6.45) is 8.28. The van der Waals surface area contributed by atoms with E-state index in [1.807, 2.05) is 43.6 Å². The van der Waals surface area contributed by atoms with Gasteiger partial charge in [0.05, 0.1) is 12.1 Å². The average Bonchev–Trinajstić information content (AvgIpc) is 3.07. The van der Waals surface area contributed by atoms with Crippen LogP contribution in [0.15, 0.2) is 48.8 Å². The molecule has 0 bridgehead atoms. The lowest BCUT2D eigenvalue weighted by Gasteiger charge is -2.32. The van der Waals surface area contributed by atoms with Crippen molar-refractivity contribution >= 4 is 23.0 Å². The maximum absolute atomic E-state index is 5.56. The zero-order valence-corrected chi connectivity index (χ0v) is 14.7. The Bertz CT molecular complexity index is 667. The van der Waals surface area contributed by atoms with Crippen molar-refractivity contribution in [1.82, 2.24) is 10.3 Å². The summed E-state index contributed by atoms with van der Waals surface area (Å²) in [6.45, 7) is 2.65. The molecule has 126 valence electrons. The molecule has 0 unspecified atom stereocenters. The monoisotopic (exact) mass is 341 g/mol. The van der Waals surface area contributed by atoms with Crippen molar-refractivity contribution in [1.29, 1.82) is 0 Å². The van der Waals surface area contributed by atoms with Crippen LogP contribution < -0.4 is 15.4 Å². The van der Waals surface area contributed by atoms with Gasteiger partial charge in [-0.05, 0) is 73.9 Å². The summed E-state index contributed by atoms with van der Waals surface area (Å²) < 4.78 is 5.47. The number of hydrogen-bond donors (Lipinski definition) is 2. The molecule has 0 radical (unpaired) electrons. The second kappa shape index (κ2) is 7.62. The van der Waals surface area contributed by atoms with Gasteiger partial charge in [0.15, 0.2) is 5.11 Å². The van der Waals surface area contributed by atoms with E-state index in [4.69, 9.17) is 17.0 Å². The number of anilines is 1. The Labute approximate surface area is 148 Å². The zero-order chi connectivity index (χ0) is 16.8. The highest BCUT2D eigenvalue weighted by atomic mass is 32.1. The highest BCUT2D eigenvalue weighted by Crippen LogP contribution is 2.38. The number of ether oxygens (including phenoxy) is 1. The Balaban J connectivity index is 1.68. The van der Waals surface area contributed by atoms with Crippen LogP contribution in [0.1, 0.15) is 38.2 Å². The Morgan fingerprint density at radius 2 is 1.79 bits per heavy atom. The SMILES string of the molecule is CCOc1ccc(NC(=S)NC2(c3ccncc3)CCCC2)cc1. The van der Waals surface area contributed by atoms with Crippen molar-refractivity contribution in [3.05, 3.63) is 54.4 Å². The maximum atomic E-state index is 5.56. The molecule has 1 aromatic carbocycles. The first-order chi connectivity index (χ1) is 11.7. The third-order valence-electron chi connectivity index (χ3n) is 4.47. The highest BCUT2D eigenvalue weighted by molar-refractivity contribution is 7.80. The van der Waals surface area contributed by atoms with Crippen molar-refractivity contribution < 1.29 is 4.74 Å². The first-order valence-corrected chi connectivity index (χ1v) is 8.85. The standard InChI is InChI=1S/C19H23N3OS/c1-2-23-17-7-5-16(6-8-17)21-18(24)22-19(11-3-4-12-19)15-9-13-20-14-10-15/h5-10,13-14H,2-4,11-12H2,1H3,(H2,21,22,24). The average molecular weight is 341 g/mol. The van der Waals surface area contributed by atoms with Crippen molar-refractivity contribution in [2.24, 2.45) is 0 Å². The van der Waals surface area contributed by atoms with E-state index >= 15 is 0 Å². The summed E-state index contributed by atoms with van der Waals surface area (Å²) in [7, 11) is 0. The molecule has 1 saturated carbocycles. The number of hydrogen-bond acceptors (Lipinski definition) is 3. The van der Waals surface area contributed by atoms with Crippen LogP contribution in [0.5, 0.6) is 5.75 Å². The number of thiocarbonyl (C=S) groups is 1. The van der Waals surface area contributed by atoms with Crippen molar-refractivity contribution in [2.75, 3.05) is 11.9 Å². The predicted octanol–water partition coefficient (Wildman–Crippen LogP) is 4.24. The van der Waals surface area contributed by atoms with E-state index in [0.717, 1.165) is 24.3 Å². The minimum Gasteiger partial charge on any atom is -0.494 e. The molecule has 5 heteroatoms. The second-order valence-electron chi connectivity index (χ2n) is 6.06. The molecule has 1 fully saturated rings. The van der Waals surface area contributed by atoms with Crippen LogP contribution in [0.25, 0.3) is 0 Å². The molecule has 0 spiro atoms.